The summed E-state index contributed by atoms with van der Waals surface area (Å²) in [6.07, 6.45) is 0. The molecule has 0 unspecified atom stereocenters. The minimum atomic E-state index is -0.546. The van der Waals surface area contributed by atoms with Crippen LogP contribution in [0.15, 0.2) is 84.9 Å². The number of carbonyl (C=O) groups excluding carboxylic acids is 1. The summed E-state index contributed by atoms with van der Waals surface area (Å²) in [7, 11) is 0. The van der Waals surface area contributed by atoms with E-state index in [4.69, 9.17) is 27.9 Å². The third-order valence-electron chi connectivity index (χ3n) is 4.10. The first kappa shape index (κ1) is 18.3. The van der Waals surface area contributed by atoms with Crippen molar-refractivity contribution in [2.24, 2.45) is 0 Å². The van der Waals surface area contributed by atoms with E-state index in [1.807, 2.05) is 60.7 Å². The number of rotatable bonds is 4. The average Bonchev–Trinajstić information content (AvgIpc) is 3.15. The standard InChI is InChI=1S/C22H14Cl2N2O2/c23-18-12-11-16(13-19(18)24)22(27)28-21-14-20(15-7-3-1-4-8-15)25-26(21)17-9-5-2-6-10-17/h1-14H. The molecule has 28 heavy (non-hydrogen) atoms. The molecule has 1 heterocycles. The molecule has 0 bridgehead atoms. The van der Waals surface area contributed by atoms with E-state index < -0.39 is 5.97 Å². The number of ether oxygens (including phenoxy) is 1. The Balaban J connectivity index is 1.73. The third kappa shape index (κ3) is 3.79. The lowest BCUT2D eigenvalue weighted by Crippen LogP contribution is -2.11. The van der Waals surface area contributed by atoms with E-state index in [9.17, 15) is 4.79 Å². The molecule has 0 saturated heterocycles. The molecule has 0 saturated carbocycles. The van der Waals surface area contributed by atoms with Crippen molar-refractivity contribution in [3.8, 4) is 22.8 Å². The van der Waals surface area contributed by atoms with E-state index in [2.05, 4.69) is 5.10 Å². The molecule has 4 aromatic rings. The van der Waals surface area contributed by atoms with Crippen molar-refractivity contribution in [3.05, 3.63) is 101 Å². The Morgan fingerprint density at radius 2 is 1.50 bits per heavy atom. The molecule has 0 aliphatic carbocycles. The number of para-hydroxylation sites is 1. The van der Waals surface area contributed by atoms with Crippen LogP contribution in [-0.2, 0) is 0 Å². The zero-order chi connectivity index (χ0) is 19.5. The van der Waals surface area contributed by atoms with Gasteiger partial charge in [0.2, 0.25) is 5.88 Å². The van der Waals surface area contributed by atoms with Crippen molar-refractivity contribution in [1.82, 2.24) is 9.78 Å². The largest absolute Gasteiger partial charge is 0.404 e. The predicted molar refractivity (Wildman–Crippen MR) is 110 cm³/mol. The second kappa shape index (κ2) is 7.89. The summed E-state index contributed by atoms with van der Waals surface area (Å²) in [5.74, 6) is -0.239. The summed E-state index contributed by atoms with van der Waals surface area (Å²) in [6, 6.07) is 25.5. The van der Waals surface area contributed by atoms with Crippen molar-refractivity contribution in [3.63, 3.8) is 0 Å². The molecule has 0 aliphatic heterocycles. The van der Waals surface area contributed by atoms with Crippen molar-refractivity contribution in [2.75, 3.05) is 0 Å². The minimum Gasteiger partial charge on any atom is -0.404 e. The van der Waals surface area contributed by atoms with Gasteiger partial charge in [0, 0.05) is 11.6 Å². The number of nitrogens with zero attached hydrogens (tertiary/aromatic N) is 2. The van der Waals surface area contributed by atoms with Crippen LogP contribution in [0.5, 0.6) is 5.88 Å². The van der Waals surface area contributed by atoms with Crippen LogP contribution in [0.3, 0.4) is 0 Å². The van der Waals surface area contributed by atoms with Gasteiger partial charge in [-0.05, 0) is 30.3 Å². The maximum absolute atomic E-state index is 12.6. The fraction of sp³-hybridized carbons (Fsp3) is 0. The van der Waals surface area contributed by atoms with Crippen molar-refractivity contribution >= 4 is 29.2 Å². The fourth-order valence-corrected chi connectivity index (χ4v) is 3.02. The van der Waals surface area contributed by atoms with Crippen molar-refractivity contribution in [2.45, 2.75) is 0 Å². The van der Waals surface area contributed by atoms with Crippen LogP contribution in [0.4, 0.5) is 0 Å². The molecule has 0 radical (unpaired) electrons. The average molecular weight is 409 g/mol. The molecule has 0 N–H and O–H groups in total. The lowest BCUT2D eigenvalue weighted by atomic mass is 10.2. The first-order chi connectivity index (χ1) is 13.6. The highest BCUT2D eigenvalue weighted by atomic mass is 35.5. The quantitative estimate of drug-likeness (QED) is 0.385. The van der Waals surface area contributed by atoms with Crippen LogP contribution >= 0.6 is 23.2 Å². The van der Waals surface area contributed by atoms with Gasteiger partial charge in [0.1, 0.15) is 0 Å². The minimum absolute atomic E-state index is 0.289. The SMILES string of the molecule is O=C(Oc1cc(-c2ccccc2)nn1-c1ccccc1)c1ccc(Cl)c(Cl)c1. The Morgan fingerprint density at radius 1 is 0.821 bits per heavy atom. The predicted octanol–water partition coefficient (Wildman–Crippen LogP) is 6.07. The van der Waals surface area contributed by atoms with Gasteiger partial charge in [-0.25, -0.2) is 9.48 Å². The molecule has 0 aliphatic rings. The van der Waals surface area contributed by atoms with Crippen LogP contribution < -0.4 is 4.74 Å². The zero-order valence-electron chi connectivity index (χ0n) is 14.5. The molecule has 4 nitrogen and oxygen atoms in total. The number of benzene rings is 3. The molecule has 138 valence electrons. The summed E-state index contributed by atoms with van der Waals surface area (Å²) in [4.78, 5) is 12.6. The molecular weight excluding hydrogens is 395 g/mol. The van der Waals surface area contributed by atoms with E-state index in [0.29, 0.717) is 22.2 Å². The Labute approximate surface area is 171 Å². The van der Waals surface area contributed by atoms with Gasteiger partial charge in [-0.2, -0.15) is 5.10 Å². The lowest BCUT2D eigenvalue weighted by molar-refractivity contribution is 0.0723. The van der Waals surface area contributed by atoms with Crippen LogP contribution in [0, 0.1) is 0 Å². The monoisotopic (exact) mass is 408 g/mol. The molecule has 1 aromatic heterocycles. The van der Waals surface area contributed by atoms with Crippen molar-refractivity contribution < 1.29 is 9.53 Å². The van der Waals surface area contributed by atoms with E-state index in [-0.39, 0.29) is 5.02 Å². The second-order valence-corrected chi connectivity index (χ2v) is 6.81. The number of carbonyl (C=O) groups is 1. The van der Waals surface area contributed by atoms with Crippen LogP contribution in [0.2, 0.25) is 10.0 Å². The van der Waals surface area contributed by atoms with Gasteiger partial charge < -0.3 is 4.74 Å². The second-order valence-electron chi connectivity index (χ2n) is 6.00. The Kier molecular flexibility index (Phi) is 5.15. The zero-order valence-corrected chi connectivity index (χ0v) is 16.1. The molecule has 0 fully saturated rings. The van der Waals surface area contributed by atoms with Gasteiger partial charge in [0.15, 0.2) is 0 Å². The third-order valence-corrected chi connectivity index (χ3v) is 4.84. The first-order valence-corrected chi connectivity index (χ1v) is 9.25. The number of esters is 1. The molecule has 6 heteroatoms. The Hall–Kier alpha value is -3.08. The lowest BCUT2D eigenvalue weighted by Gasteiger charge is -2.08. The van der Waals surface area contributed by atoms with E-state index >= 15 is 0 Å². The molecule has 0 amide bonds. The molecule has 3 aromatic carbocycles. The van der Waals surface area contributed by atoms with E-state index in [1.54, 1.807) is 22.9 Å². The van der Waals surface area contributed by atoms with Crippen LogP contribution in [0.1, 0.15) is 10.4 Å². The molecule has 0 spiro atoms. The summed E-state index contributed by atoms with van der Waals surface area (Å²) in [6.45, 7) is 0. The summed E-state index contributed by atoms with van der Waals surface area (Å²) >= 11 is 11.9. The van der Waals surface area contributed by atoms with Gasteiger partial charge in [-0.3, -0.25) is 0 Å². The summed E-state index contributed by atoms with van der Waals surface area (Å²) < 4.78 is 7.24. The summed E-state index contributed by atoms with van der Waals surface area (Å²) in [5, 5.41) is 5.28. The maximum atomic E-state index is 12.6. The highest BCUT2D eigenvalue weighted by Gasteiger charge is 2.17. The number of halogens is 2. The topological polar surface area (TPSA) is 44.1 Å². The van der Waals surface area contributed by atoms with E-state index in [1.165, 1.54) is 6.07 Å². The van der Waals surface area contributed by atoms with Crippen LogP contribution in [-0.4, -0.2) is 15.7 Å². The number of hydrogen-bond acceptors (Lipinski definition) is 3. The normalized spacial score (nSPS) is 10.6. The van der Waals surface area contributed by atoms with Crippen molar-refractivity contribution in [1.29, 1.82) is 0 Å². The van der Waals surface area contributed by atoms with Gasteiger partial charge in [0.05, 0.1) is 27.0 Å². The summed E-state index contributed by atoms with van der Waals surface area (Å²) in [5.41, 5.74) is 2.70. The molecule has 4 rings (SSSR count). The Bertz CT molecular complexity index is 1130. The highest BCUT2D eigenvalue weighted by Crippen LogP contribution is 2.28. The number of hydrogen-bond donors (Lipinski definition) is 0. The number of aromatic nitrogens is 2. The van der Waals surface area contributed by atoms with E-state index in [0.717, 1.165) is 11.3 Å². The van der Waals surface area contributed by atoms with Gasteiger partial charge >= 0.3 is 5.97 Å². The fourth-order valence-electron chi connectivity index (χ4n) is 2.72. The molecular formula is C22H14Cl2N2O2. The molecule has 0 atom stereocenters. The van der Waals surface area contributed by atoms with Crippen LogP contribution in [0.25, 0.3) is 16.9 Å². The maximum Gasteiger partial charge on any atom is 0.344 e. The smallest absolute Gasteiger partial charge is 0.344 e. The van der Waals surface area contributed by atoms with Gasteiger partial charge in [-0.1, -0.05) is 71.7 Å². The van der Waals surface area contributed by atoms with Gasteiger partial charge in [0.25, 0.3) is 0 Å². The Morgan fingerprint density at radius 3 is 2.18 bits per heavy atom. The highest BCUT2D eigenvalue weighted by molar-refractivity contribution is 6.42. The first-order valence-electron chi connectivity index (χ1n) is 8.50. The van der Waals surface area contributed by atoms with Gasteiger partial charge in [-0.15, -0.1) is 0 Å².